The quantitative estimate of drug-likeness (QED) is 0.325. The summed E-state index contributed by atoms with van der Waals surface area (Å²) in [6, 6.07) is 0. The molecular formula is C11H13N9. The average Bonchev–Trinajstić information content (AvgIpc) is 2.86. The van der Waals surface area contributed by atoms with Gasteiger partial charge in [-0.2, -0.15) is 0 Å². The summed E-state index contributed by atoms with van der Waals surface area (Å²) in [6.07, 6.45) is 5.15. The Balaban J connectivity index is 1.91. The first-order valence-electron chi connectivity index (χ1n) is 6.26. The van der Waals surface area contributed by atoms with Crippen LogP contribution in [0.5, 0.6) is 0 Å². The van der Waals surface area contributed by atoms with Crippen molar-refractivity contribution in [1.29, 1.82) is 0 Å². The van der Waals surface area contributed by atoms with E-state index >= 15 is 0 Å². The van der Waals surface area contributed by atoms with Gasteiger partial charge < -0.3 is 0 Å². The molecule has 9 nitrogen and oxygen atoms in total. The number of aromatic nitrogens is 2. The Bertz CT molecular complexity index is 608. The number of azide groups is 2. The molecule has 102 valence electrons. The van der Waals surface area contributed by atoms with Crippen molar-refractivity contribution in [3.8, 4) is 0 Å². The Hall–Kier alpha value is -2.63. The monoisotopic (exact) mass is 271 g/mol. The van der Waals surface area contributed by atoms with E-state index in [9.17, 15) is 0 Å². The fraction of sp³-hybridized carbons (Fsp3) is 0.545. The van der Waals surface area contributed by atoms with E-state index in [-0.39, 0.29) is 6.54 Å². The molecule has 20 heavy (non-hydrogen) atoms. The molecule has 0 saturated heterocycles. The summed E-state index contributed by atoms with van der Waals surface area (Å²) in [6.45, 7) is 0.660. The predicted molar refractivity (Wildman–Crippen MR) is 73.5 cm³/mol. The molecular weight excluding hydrogens is 258 g/mol. The molecule has 0 saturated carbocycles. The van der Waals surface area contributed by atoms with Gasteiger partial charge >= 0.3 is 0 Å². The van der Waals surface area contributed by atoms with E-state index in [1.807, 2.05) is 0 Å². The smallest absolute Gasteiger partial charge is 0.159 e. The second-order valence-corrected chi connectivity index (χ2v) is 4.29. The molecule has 1 aromatic rings. The van der Waals surface area contributed by atoms with Crippen LogP contribution in [-0.4, -0.2) is 22.2 Å². The van der Waals surface area contributed by atoms with Crippen molar-refractivity contribution < 1.29 is 0 Å². The van der Waals surface area contributed by atoms with E-state index in [4.69, 9.17) is 11.1 Å². The van der Waals surface area contributed by atoms with Crippen molar-refractivity contribution in [3.05, 3.63) is 38.5 Å². The summed E-state index contributed by atoms with van der Waals surface area (Å²) < 4.78 is 0. The molecule has 0 unspecified atom stereocenters. The van der Waals surface area contributed by atoms with Gasteiger partial charge in [0.05, 0.1) is 6.54 Å². The third-order valence-electron chi connectivity index (χ3n) is 2.86. The van der Waals surface area contributed by atoms with Gasteiger partial charge in [-0.3, -0.25) is 0 Å². The zero-order valence-corrected chi connectivity index (χ0v) is 10.8. The molecule has 1 aliphatic heterocycles. The highest BCUT2D eigenvalue weighted by Crippen LogP contribution is 2.25. The van der Waals surface area contributed by atoms with Gasteiger partial charge in [0.15, 0.2) is 5.82 Å². The fourth-order valence-corrected chi connectivity index (χ4v) is 1.94. The highest BCUT2D eigenvalue weighted by molar-refractivity contribution is 5.92. The third kappa shape index (κ3) is 3.68. The SMILES string of the molecule is [N-]=[N+]=NCCCCC1=Nc2nc(CN=[N+]=[N-])ncc2C1. The first-order valence-corrected chi connectivity index (χ1v) is 6.26. The minimum absolute atomic E-state index is 0.140. The van der Waals surface area contributed by atoms with Gasteiger partial charge in [0, 0.05) is 40.3 Å². The van der Waals surface area contributed by atoms with E-state index in [0.29, 0.717) is 18.2 Å². The minimum atomic E-state index is 0.140. The molecule has 0 spiro atoms. The summed E-state index contributed by atoms with van der Waals surface area (Å²) in [5.74, 6) is 1.16. The fourth-order valence-electron chi connectivity index (χ4n) is 1.94. The largest absolute Gasteiger partial charge is 0.241 e. The van der Waals surface area contributed by atoms with Gasteiger partial charge in [-0.25, -0.2) is 15.0 Å². The minimum Gasteiger partial charge on any atom is -0.241 e. The van der Waals surface area contributed by atoms with Crippen molar-refractivity contribution in [2.75, 3.05) is 6.54 Å². The Kier molecular flexibility index (Phi) is 4.88. The Morgan fingerprint density at radius 3 is 2.85 bits per heavy atom. The maximum Gasteiger partial charge on any atom is 0.159 e. The molecule has 0 aromatic carbocycles. The summed E-state index contributed by atoms with van der Waals surface area (Å²) in [4.78, 5) is 18.3. The lowest BCUT2D eigenvalue weighted by molar-refractivity contribution is 0.767. The van der Waals surface area contributed by atoms with E-state index in [0.717, 1.165) is 37.0 Å². The van der Waals surface area contributed by atoms with Crippen LogP contribution in [0, 0.1) is 0 Å². The van der Waals surface area contributed by atoms with Crippen LogP contribution in [-0.2, 0) is 13.0 Å². The first-order chi connectivity index (χ1) is 9.83. The van der Waals surface area contributed by atoms with Crippen LogP contribution >= 0.6 is 0 Å². The second-order valence-electron chi connectivity index (χ2n) is 4.29. The molecule has 1 aliphatic rings. The van der Waals surface area contributed by atoms with Crippen LogP contribution in [0.25, 0.3) is 20.9 Å². The lowest BCUT2D eigenvalue weighted by Gasteiger charge is -1.98. The normalized spacial score (nSPS) is 12.1. The molecule has 1 aromatic heterocycles. The molecule has 0 aliphatic carbocycles. The van der Waals surface area contributed by atoms with E-state index in [1.54, 1.807) is 6.20 Å². The number of fused-ring (bicyclic) bond motifs is 1. The lowest BCUT2D eigenvalue weighted by atomic mass is 10.1. The maximum atomic E-state index is 8.27. The second kappa shape index (κ2) is 7.08. The van der Waals surface area contributed by atoms with Crippen molar-refractivity contribution in [3.63, 3.8) is 0 Å². The molecule has 0 bridgehead atoms. The summed E-state index contributed by atoms with van der Waals surface area (Å²) in [7, 11) is 0. The number of hydrogen-bond acceptors (Lipinski definition) is 5. The lowest BCUT2D eigenvalue weighted by Crippen LogP contribution is -1.99. The number of nitrogens with zero attached hydrogens (tertiary/aromatic N) is 9. The average molecular weight is 271 g/mol. The molecule has 9 heteroatoms. The number of unbranched alkanes of at least 4 members (excludes halogenated alkanes) is 1. The first kappa shape index (κ1) is 13.8. The molecule has 0 atom stereocenters. The molecule has 2 heterocycles. The van der Waals surface area contributed by atoms with Crippen molar-refractivity contribution in [2.24, 2.45) is 15.2 Å². The van der Waals surface area contributed by atoms with Crippen LogP contribution in [0.3, 0.4) is 0 Å². The molecule has 0 radical (unpaired) electrons. The van der Waals surface area contributed by atoms with Crippen molar-refractivity contribution in [1.82, 2.24) is 9.97 Å². The van der Waals surface area contributed by atoms with E-state index < -0.39 is 0 Å². The summed E-state index contributed by atoms with van der Waals surface area (Å²) >= 11 is 0. The Morgan fingerprint density at radius 2 is 2.05 bits per heavy atom. The molecule has 0 N–H and O–H groups in total. The summed E-state index contributed by atoms with van der Waals surface area (Å²) in [5, 5.41) is 6.93. The van der Waals surface area contributed by atoms with Gasteiger partial charge in [-0.05, 0) is 30.3 Å². The van der Waals surface area contributed by atoms with Gasteiger partial charge in [-0.15, -0.1) is 0 Å². The number of aliphatic imine (C=N–C) groups is 1. The zero-order chi connectivity index (χ0) is 14.2. The van der Waals surface area contributed by atoms with E-state index in [1.165, 1.54) is 0 Å². The van der Waals surface area contributed by atoms with Gasteiger partial charge in [0.2, 0.25) is 0 Å². The topological polar surface area (TPSA) is 136 Å². The maximum absolute atomic E-state index is 8.27. The number of rotatable bonds is 7. The van der Waals surface area contributed by atoms with Crippen LogP contribution in [0.4, 0.5) is 5.82 Å². The highest BCUT2D eigenvalue weighted by atomic mass is 15.1. The number of hydrogen-bond donors (Lipinski definition) is 0. The third-order valence-corrected chi connectivity index (χ3v) is 2.86. The standard InChI is InChI=1S/C11H13N9/c12-19-15-4-2-1-3-9-5-8-6-14-10(7-16-20-13)18-11(8)17-9/h6H,1-5,7H2. The van der Waals surface area contributed by atoms with E-state index in [2.05, 4.69) is 35.0 Å². The summed E-state index contributed by atoms with van der Waals surface area (Å²) in [5.41, 5.74) is 18.5. The van der Waals surface area contributed by atoms with Crippen LogP contribution in [0.15, 0.2) is 21.4 Å². The van der Waals surface area contributed by atoms with Gasteiger partial charge in [0.25, 0.3) is 0 Å². The predicted octanol–water partition coefficient (Wildman–Crippen LogP) is 3.40. The van der Waals surface area contributed by atoms with Crippen molar-refractivity contribution >= 4 is 11.5 Å². The zero-order valence-electron chi connectivity index (χ0n) is 10.8. The van der Waals surface area contributed by atoms with Gasteiger partial charge in [-0.1, -0.05) is 10.2 Å². The van der Waals surface area contributed by atoms with Gasteiger partial charge in [0.1, 0.15) is 5.82 Å². The van der Waals surface area contributed by atoms with Crippen LogP contribution < -0.4 is 0 Å². The molecule has 0 fully saturated rings. The van der Waals surface area contributed by atoms with Crippen molar-refractivity contribution in [2.45, 2.75) is 32.2 Å². The highest BCUT2D eigenvalue weighted by Gasteiger charge is 2.16. The molecule has 0 amide bonds. The Labute approximate surface area is 115 Å². The molecule has 2 rings (SSSR count). The Morgan fingerprint density at radius 1 is 1.20 bits per heavy atom. The van der Waals surface area contributed by atoms with Crippen LogP contribution in [0.2, 0.25) is 0 Å². The van der Waals surface area contributed by atoms with Crippen LogP contribution in [0.1, 0.15) is 30.7 Å².